The first-order chi connectivity index (χ1) is 14.9. The second-order valence-corrected chi connectivity index (χ2v) is 9.04. The number of nitrogens with one attached hydrogen (secondary N) is 1. The summed E-state index contributed by atoms with van der Waals surface area (Å²) in [6.07, 6.45) is 4.10. The van der Waals surface area contributed by atoms with Gasteiger partial charge in [0.1, 0.15) is 10.6 Å². The predicted octanol–water partition coefficient (Wildman–Crippen LogP) is 4.66. The standard InChI is InChI=1S/C22H23ClN4O3S/c1-13-19(31-22(25-13)26-14(2)28)21(29)27-9-5-7-16(12-27)20-24-11-17(30-20)10-15-6-3-4-8-18(15)23/h3-4,6,8,11,16H,5,7,9-10,12H2,1-2H3,(H,25,26,28)/t16-/m1/s1. The molecule has 31 heavy (non-hydrogen) atoms. The van der Waals surface area contributed by atoms with E-state index >= 15 is 0 Å². The minimum Gasteiger partial charge on any atom is -0.445 e. The SMILES string of the molecule is CC(=O)Nc1nc(C)c(C(=O)N2CCC[C@@H](c3ncc(Cc4ccccc4Cl)o3)C2)s1. The highest BCUT2D eigenvalue weighted by Gasteiger charge is 2.30. The minimum absolute atomic E-state index is 0.0423. The summed E-state index contributed by atoms with van der Waals surface area (Å²) in [5, 5.41) is 3.79. The van der Waals surface area contributed by atoms with Crippen LogP contribution in [-0.4, -0.2) is 39.8 Å². The molecule has 1 fully saturated rings. The van der Waals surface area contributed by atoms with E-state index in [1.165, 1.54) is 18.3 Å². The van der Waals surface area contributed by atoms with E-state index in [-0.39, 0.29) is 17.7 Å². The summed E-state index contributed by atoms with van der Waals surface area (Å²) in [6, 6.07) is 7.67. The molecule has 2 amide bonds. The van der Waals surface area contributed by atoms with Gasteiger partial charge in [-0.1, -0.05) is 41.1 Å². The van der Waals surface area contributed by atoms with Crippen molar-refractivity contribution in [3.8, 4) is 0 Å². The van der Waals surface area contributed by atoms with E-state index in [2.05, 4.69) is 15.3 Å². The van der Waals surface area contributed by atoms with Crippen molar-refractivity contribution in [3.05, 3.63) is 63.3 Å². The maximum Gasteiger partial charge on any atom is 0.265 e. The first-order valence-corrected chi connectivity index (χ1v) is 11.3. The molecule has 3 heterocycles. The highest BCUT2D eigenvalue weighted by molar-refractivity contribution is 7.17. The van der Waals surface area contributed by atoms with Gasteiger partial charge in [-0.05, 0) is 31.4 Å². The Morgan fingerprint density at radius 3 is 2.94 bits per heavy atom. The van der Waals surface area contributed by atoms with Crippen LogP contribution in [0.4, 0.5) is 5.13 Å². The van der Waals surface area contributed by atoms with Gasteiger partial charge in [-0.15, -0.1) is 0 Å². The lowest BCUT2D eigenvalue weighted by Gasteiger charge is -2.31. The number of hydrogen-bond acceptors (Lipinski definition) is 6. The summed E-state index contributed by atoms with van der Waals surface area (Å²) >= 11 is 7.46. The number of carbonyl (C=O) groups excluding carboxylic acids is 2. The summed E-state index contributed by atoms with van der Waals surface area (Å²) in [6.45, 7) is 4.42. The lowest BCUT2D eigenvalue weighted by molar-refractivity contribution is -0.114. The molecule has 1 aliphatic heterocycles. The van der Waals surface area contributed by atoms with Gasteiger partial charge in [0, 0.05) is 31.5 Å². The van der Waals surface area contributed by atoms with Crippen LogP contribution in [0.5, 0.6) is 0 Å². The van der Waals surface area contributed by atoms with Gasteiger partial charge in [0.15, 0.2) is 11.0 Å². The van der Waals surface area contributed by atoms with Crippen LogP contribution in [0.3, 0.4) is 0 Å². The summed E-state index contributed by atoms with van der Waals surface area (Å²) in [5.41, 5.74) is 1.61. The van der Waals surface area contributed by atoms with Gasteiger partial charge in [-0.3, -0.25) is 9.59 Å². The van der Waals surface area contributed by atoms with E-state index in [1.54, 1.807) is 13.1 Å². The van der Waals surface area contributed by atoms with Gasteiger partial charge in [-0.2, -0.15) is 0 Å². The zero-order valence-electron chi connectivity index (χ0n) is 17.4. The van der Waals surface area contributed by atoms with Crippen molar-refractivity contribution >= 4 is 39.9 Å². The lowest BCUT2D eigenvalue weighted by Crippen LogP contribution is -2.39. The Labute approximate surface area is 189 Å². The molecule has 3 aromatic rings. The maximum atomic E-state index is 13.1. The van der Waals surface area contributed by atoms with Crippen molar-refractivity contribution < 1.29 is 14.0 Å². The van der Waals surface area contributed by atoms with E-state index in [0.717, 1.165) is 24.2 Å². The normalized spacial score (nSPS) is 16.4. The zero-order chi connectivity index (χ0) is 22.0. The third-order valence-corrected chi connectivity index (χ3v) is 6.66. The third-order valence-electron chi connectivity index (χ3n) is 5.23. The number of likely N-dealkylation sites (tertiary alicyclic amines) is 1. The smallest absolute Gasteiger partial charge is 0.265 e. The molecule has 1 aromatic carbocycles. The molecule has 2 aromatic heterocycles. The molecule has 1 aliphatic rings. The van der Waals surface area contributed by atoms with Crippen LogP contribution >= 0.6 is 22.9 Å². The molecule has 1 N–H and O–H groups in total. The number of oxazole rings is 1. The summed E-state index contributed by atoms with van der Waals surface area (Å²) in [4.78, 5) is 35.5. The van der Waals surface area contributed by atoms with Crippen LogP contribution in [-0.2, 0) is 11.2 Å². The Morgan fingerprint density at radius 2 is 2.16 bits per heavy atom. The van der Waals surface area contributed by atoms with E-state index in [0.29, 0.717) is 46.1 Å². The number of anilines is 1. The fraction of sp³-hybridized carbons (Fsp3) is 0.364. The molecule has 162 valence electrons. The van der Waals surface area contributed by atoms with Crippen LogP contribution in [0.1, 0.15) is 58.3 Å². The van der Waals surface area contributed by atoms with E-state index in [1.807, 2.05) is 29.2 Å². The topological polar surface area (TPSA) is 88.3 Å². The number of thiazole rings is 1. The maximum absolute atomic E-state index is 13.1. The molecule has 1 atom stereocenters. The number of amides is 2. The number of carbonyl (C=O) groups is 2. The summed E-state index contributed by atoms with van der Waals surface area (Å²) in [5.74, 6) is 1.17. The van der Waals surface area contributed by atoms with Gasteiger partial charge < -0.3 is 14.6 Å². The average molecular weight is 459 g/mol. The highest BCUT2D eigenvalue weighted by Crippen LogP contribution is 2.31. The molecule has 0 spiro atoms. The van der Waals surface area contributed by atoms with Crippen molar-refractivity contribution in [3.63, 3.8) is 0 Å². The molecule has 0 aliphatic carbocycles. The molecule has 1 saturated heterocycles. The van der Waals surface area contributed by atoms with Crippen molar-refractivity contribution in [1.29, 1.82) is 0 Å². The Kier molecular flexibility index (Phi) is 6.38. The molecule has 9 heteroatoms. The van der Waals surface area contributed by atoms with Gasteiger partial charge in [0.25, 0.3) is 5.91 Å². The summed E-state index contributed by atoms with van der Waals surface area (Å²) < 4.78 is 6.02. The molecular formula is C22H23ClN4O3S. The molecule has 0 bridgehead atoms. The van der Waals surface area contributed by atoms with E-state index in [9.17, 15) is 9.59 Å². The van der Waals surface area contributed by atoms with Crippen molar-refractivity contribution in [2.45, 2.75) is 39.0 Å². The predicted molar refractivity (Wildman–Crippen MR) is 120 cm³/mol. The van der Waals surface area contributed by atoms with Gasteiger partial charge in [0.05, 0.1) is 17.8 Å². The largest absolute Gasteiger partial charge is 0.445 e. The second-order valence-electron chi connectivity index (χ2n) is 7.64. The first-order valence-electron chi connectivity index (χ1n) is 10.1. The highest BCUT2D eigenvalue weighted by atomic mass is 35.5. The number of aromatic nitrogens is 2. The van der Waals surface area contributed by atoms with Crippen LogP contribution in [0.2, 0.25) is 5.02 Å². The molecule has 7 nitrogen and oxygen atoms in total. The lowest BCUT2D eigenvalue weighted by atomic mass is 9.98. The van der Waals surface area contributed by atoms with E-state index in [4.69, 9.17) is 16.0 Å². The fourth-order valence-electron chi connectivity index (χ4n) is 3.73. The molecule has 0 radical (unpaired) electrons. The van der Waals surface area contributed by atoms with E-state index < -0.39 is 0 Å². The van der Waals surface area contributed by atoms with Gasteiger partial charge in [0.2, 0.25) is 5.91 Å². The van der Waals surface area contributed by atoms with Gasteiger partial charge >= 0.3 is 0 Å². The zero-order valence-corrected chi connectivity index (χ0v) is 18.9. The number of piperidine rings is 1. The first kappa shape index (κ1) is 21.5. The van der Waals surface area contributed by atoms with Crippen LogP contribution in [0.15, 0.2) is 34.9 Å². The molecule has 0 unspecified atom stereocenters. The number of rotatable bonds is 5. The number of halogens is 1. The van der Waals surface area contributed by atoms with Crippen molar-refractivity contribution in [2.24, 2.45) is 0 Å². The number of hydrogen-bond donors (Lipinski definition) is 1. The van der Waals surface area contributed by atoms with Crippen molar-refractivity contribution in [2.75, 3.05) is 18.4 Å². The van der Waals surface area contributed by atoms with Crippen LogP contribution < -0.4 is 5.32 Å². The number of nitrogens with zero attached hydrogens (tertiary/aromatic N) is 3. The van der Waals surface area contributed by atoms with Crippen LogP contribution in [0.25, 0.3) is 0 Å². The Hall–Kier alpha value is -2.71. The van der Waals surface area contributed by atoms with Crippen molar-refractivity contribution in [1.82, 2.24) is 14.9 Å². The Balaban J connectivity index is 1.45. The molecule has 4 rings (SSSR count). The monoisotopic (exact) mass is 458 g/mol. The molecule has 0 saturated carbocycles. The Bertz CT molecular complexity index is 1110. The van der Waals surface area contributed by atoms with Gasteiger partial charge in [-0.25, -0.2) is 9.97 Å². The fourth-order valence-corrected chi connectivity index (χ4v) is 4.91. The second kappa shape index (κ2) is 9.20. The molecular weight excluding hydrogens is 436 g/mol. The Morgan fingerprint density at radius 1 is 1.35 bits per heavy atom. The number of aryl methyl sites for hydroxylation is 1. The quantitative estimate of drug-likeness (QED) is 0.600. The third kappa shape index (κ3) is 4.97. The number of benzene rings is 1. The average Bonchev–Trinajstić information content (AvgIpc) is 3.35. The van der Waals surface area contributed by atoms with Crippen LogP contribution in [0, 0.1) is 6.92 Å². The summed E-state index contributed by atoms with van der Waals surface area (Å²) in [7, 11) is 0. The minimum atomic E-state index is -0.206.